The second kappa shape index (κ2) is 3.75. The molecular weight excluding hydrogens is 178 g/mol. The van der Waals surface area contributed by atoms with Gasteiger partial charge in [0.2, 0.25) is 0 Å². The Morgan fingerprint density at radius 1 is 1.64 bits per heavy atom. The van der Waals surface area contributed by atoms with Gasteiger partial charge in [-0.3, -0.25) is 0 Å². The summed E-state index contributed by atoms with van der Waals surface area (Å²) in [5.74, 6) is 0.845. The molecule has 14 heavy (non-hydrogen) atoms. The number of nitrogens with one attached hydrogen (secondary N) is 2. The number of nitrogens with two attached hydrogens (primary N) is 1. The van der Waals surface area contributed by atoms with Crippen LogP contribution in [0.1, 0.15) is 0 Å². The Morgan fingerprint density at radius 3 is 3.29 bits per heavy atom. The predicted molar refractivity (Wildman–Crippen MR) is 57.7 cm³/mol. The Hall–Kier alpha value is -1.42. The first-order valence-corrected chi connectivity index (χ1v) is 4.73. The van der Waals surface area contributed by atoms with Crippen LogP contribution in [0.25, 0.3) is 0 Å². The van der Waals surface area contributed by atoms with E-state index >= 15 is 0 Å². The third kappa shape index (κ3) is 1.75. The van der Waals surface area contributed by atoms with E-state index in [4.69, 9.17) is 10.5 Å². The number of anilines is 2. The average Bonchev–Trinajstić information content (AvgIpc) is 2.19. The summed E-state index contributed by atoms with van der Waals surface area (Å²) in [4.78, 5) is 0. The van der Waals surface area contributed by atoms with Crippen LogP contribution in [-0.4, -0.2) is 26.2 Å². The molecule has 0 fully saturated rings. The first-order chi connectivity index (χ1) is 6.79. The molecule has 1 aromatic carbocycles. The Balaban J connectivity index is 2.15. The molecule has 0 bridgehead atoms. The summed E-state index contributed by atoms with van der Waals surface area (Å²) < 4.78 is 5.59. The molecule has 0 saturated carbocycles. The molecule has 2 rings (SSSR count). The first-order valence-electron chi connectivity index (χ1n) is 4.73. The lowest BCUT2D eigenvalue weighted by atomic mass is 10.2. The van der Waals surface area contributed by atoms with Crippen LogP contribution in [0.15, 0.2) is 18.2 Å². The van der Waals surface area contributed by atoms with Gasteiger partial charge in [-0.25, -0.2) is 0 Å². The van der Waals surface area contributed by atoms with E-state index in [1.807, 2.05) is 25.2 Å². The highest BCUT2D eigenvalue weighted by Crippen LogP contribution is 2.30. The second-order valence-corrected chi connectivity index (χ2v) is 3.47. The number of hydrogen-bond acceptors (Lipinski definition) is 4. The fraction of sp³-hybridized carbons (Fsp3) is 0.400. The molecule has 4 nitrogen and oxygen atoms in total. The van der Waals surface area contributed by atoms with Crippen LogP contribution in [-0.2, 0) is 0 Å². The summed E-state index contributed by atoms with van der Waals surface area (Å²) in [6.45, 7) is 1.57. The Morgan fingerprint density at radius 2 is 2.50 bits per heavy atom. The summed E-state index contributed by atoms with van der Waals surface area (Å²) in [6.07, 6.45) is 0. The summed E-state index contributed by atoms with van der Waals surface area (Å²) in [5.41, 5.74) is 7.41. The van der Waals surface area contributed by atoms with Crippen molar-refractivity contribution in [3.8, 4) is 5.75 Å². The summed E-state index contributed by atoms with van der Waals surface area (Å²) in [7, 11) is 1.93. The van der Waals surface area contributed by atoms with Crippen LogP contribution in [0.2, 0.25) is 0 Å². The SMILES string of the molecule is CNCC1COc2cc(N)ccc2N1. The van der Waals surface area contributed by atoms with Gasteiger partial charge in [-0.1, -0.05) is 0 Å². The molecule has 1 unspecified atom stereocenters. The maximum atomic E-state index is 5.66. The maximum Gasteiger partial charge on any atom is 0.144 e. The molecule has 0 saturated heterocycles. The number of benzene rings is 1. The number of nitrogen functional groups attached to an aromatic ring is 1. The molecule has 0 aromatic heterocycles. The van der Waals surface area contributed by atoms with Crippen LogP contribution in [0.4, 0.5) is 11.4 Å². The fourth-order valence-corrected chi connectivity index (χ4v) is 1.59. The topological polar surface area (TPSA) is 59.3 Å². The molecule has 0 aliphatic carbocycles. The normalized spacial score (nSPS) is 19.4. The molecule has 0 spiro atoms. The van der Waals surface area contributed by atoms with Crippen molar-refractivity contribution in [2.45, 2.75) is 6.04 Å². The second-order valence-electron chi connectivity index (χ2n) is 3.47. The molecule has 1 aliphatic rings. The van der Waals surface area contributed by atoms with E-state index in [1.165, 1.54) is 0 Å². The van der Waals surface area contributed by atoms with Crippen molar-refractivity contribution in [1.82, 2.24) is 5.32 Å². The van der Waals surface area contributed by atoms with Gasteiger partial charge in [0.05, 0.1) is 11.7 Å². The lowest BCUT2D eigenvalue weighted by Crippen LogP contribution is -2.38. The van der Waals surface area contributed by atoms with Gasteiger partial charge in [0.1, 0.15) is 12.4 Å². The summed E-state index contributed by atoms with van der Waals surface area (Å²) >= 11 is 0. The smallest absolute Gasteiger partial charge is 0.144 e. The van der Waals surface area contributed by atoms with Gasteiger partial charge in [-0.2, -0.15) is 0 Å². The minimum Gasteiger partial charge on any atom is -0.489 e. The lowest BCUT2D eigenvalue weighted by Gasteiger charge is -2.27. The number of hydrogen-bond donors (Lipinski definition) is 3. The molecule has 1 aliphatic heterocycles. The Bertz CT molecular complexity index is 327. The predicted octanol–water partition coefficient (Wildman–Crippen LogP) is 0.661. The van der Waals surface area contributed by atoms with E-state index in [-0.39, 0.29) is 0 Å². The van der Waals surface area contributed by atoms with Crippen molar-refractivity contribution in [2.75, 3.05) is 31.2 Å². The zero-order chi connectivity index (χ0) is 9.97. The van der Waals surface area contributed by atoms with Gasteiger partial charge < -0.3 is 21.1 Å². The Kier molecular flexibility index (Phi) is 2.45. The van der Waals surface area contributed by atoms with Gasteiger partial charge in [-0.15, -0.1) is 0 Å². The zero-order valence-electron chi connectivity index (χ0n) is 8.21. The monoisotopic (exact) mass is 193 g/mol. The molecular formula is C10H15N3O. The fourth-order valence-electron chi connectivity index (χ4n) is 1.59. The van der Waals surface area contributed by atoms with Gasteiger partial charge in [0.15, 0.2) is 0 Å². The highest BCUT2D eigenvalue weighted by Gasteiger charge is 2.17. The van der Waals surface area contributed by atoms with E-state index in [0.29, 0.717) is 12.6 Å². The standard InChI is InChI=1S/C10H15N3O/c1-12-5-8-6-14-10-4-7(11)2-3-9(10)13-8/h2-4,8,12-13H,5-6,11H2,1H3. The van der Waals surface area contributed by atoms with Crippen molar-refractivity contribution in [1.29, 1.82) is 0 Å². The highest BCUT2D eigenvalue weighted by molar-refractivity contribution is 5.63. The lowest BCUT2D eigenvalue weighted by molar-refractivity contribution is 0.282. The Labute approximate surface area is 83.4 Å². The van der Waals surface area contributed by atoms with E-state index in [1.54, 1.807) is 0 Å². The van der Waals surface area contributed by atoms with Crippen molar-refractivity contribution in [2.24, 2.45) is 0 Å². The van der Waals surface area contributed by atoms with Crippen LogP contribution in [0.5, 0.6) is 5.75 Å². The van der Waals surface area contributed by atoms with Crippen molar-refractivity contribution in [3.63, 3.8) is 0 Å². The van der Waals surface area contributed by atoms with E-state index in [9.17, 15) is 0 Å². The zero-order valence-corrected chi connectivity index (χ0v) is 8.21. The van der Waals surface area contributed by atoms with Crippen LogP contribution in [0.3, 0.4) is 0 Å². The molecule has 4 heteroatoms. The number of ether oxygens (including phenoxy) is 1. The van der Waals surface area contributed by atoms with Crippen molar-refractivity contribution >= 4 is 11.4 Å². The maximum absolute atomic E-state index is 5.66. The van der Waals surface area contributed by atoms with Crippen LogP contribution in [0, 0.1) is 0 Å². The van der Waals surface area contributed by atoms with Crippen LogP contribution < -0.4 is 21.1 Å². The van der Waals surface area contributed by atoms with Gasteiger partial charge in [0, 0.05) is 18.3 Å². The molecule has 0 radical (unpaired) electrons. The molecule has 0 amide bonds. The average molecular weight is 193 g/mol. The molecule has 76 valence electrons. The number of rotatable bonds is 2. The summed E-state index contributed by atoms with van der Waals surface area (Å²) in [6, 6.07) is 6.00. The molecule has 1 aromatic rings. The van der Waals surface area contributed by atoms with Crippen molar-refractivity contribution < 1.29 is 4.74 Å². The third-order valence-corrected chi connectivity index (χ3v) is 2.26. The molecule has 4 N–H and O–H groups in total. The number of likely N-dealkylation sites (N-methyl/N-ethyl adjacent to an activating group) is 1. The van der Waals surface area contributed by atoms with Gasteiger partial charge in [0.25, 0.3) is 0 Å². The van der Waals surface area contributed by atoms with E-state index in [0.717, 1.165) is 23.7 Å². The molecule has 1 atom stereocenters. The highest BCUT2D eigenvalue weighted by atomic mass is 16.5. The minimum atomic E-state index is 0.330. The largest absolute Gasteiger partial charge is 0.489 e. The molecule has 1 heterocycles. The quantitative estimate of drug-likeness (QED) is 0.604. The van der Waals surface area contributed by atoms with Crippen molar-refractivity contribution in [3.05, 3.63) is 18.2 Å². The minimum absolute atomic E-state index is 0.330. The van der Waals surface area contributed by atoms with E-state index < -0.39 is 0 Å². The van der Waals surface area contributed by atoms with E-state index in [2.05, 4.69) is 10.6 Å². The first kappa shape index (κ1) is 9.15. The summed E-state index contributed by atoms with van der Waals surface area (Å²) in [5, 5.41) is 6.49. The van der Waals surface area contributed by atoms with Gasteiger partial charge >= 0.3 is 0 Å². The third-order valence-electron chi connectivity index (χ3n) is 2.26. The van der Waals surface area contributed by atoms with Gasteiger partial charge in [-0.05, 0) is 19.2 Å². The van der Waals surface area contributed by atoms with Crippen LogP contribution >= 0.6 is 0 Å². The number of fused-ring (bicyclic) bond motifs is 1.